The summed E-state index contributed by atoms with van der Waals surface area (Å²) in [5, 5.41) is 0. The maximum atomic E-state index is 12.6. The maximum Gasteiger partial charge on any atom is 0.324 e. The molecule has 0 unspecified atom stereocenters. The van der Waals surface area contributed by atoms with Crippen LogP contribution in [0.1, 0.15) is 53.4 Å². The predicted molar refractivity (Wildman–Crippen MR) is 75.4 cm³/mol. The van der Waals surface area contributed by atoms with E-state index in [1.165, 1.54) is 0 Å². The van der Waals surface area contributed by atoms with Crippen molar-refractivity contribution in [2.24, 2.45) is 17.3 Å². The molecule has 2 saturated carbocycles. The Labute approximate surface area is 125 Å². The molecule has 2 aliphatic carbocycles. The van der Waals surface area contributed by atoms with Gasteiger partial charge in [-0.1, -0.05) is 0 Å². The Bertz CT molecular complexity index is 444. The number of carbonyl (C=O) groups excluding carboxylic acids is 3. The number of ether oxygens (including phenoxy) is 2. The minimum Gasteiger partial charge on any atom is -0.465 e. The number of esters is 2. The normalized spacial score (nSPS) is 27.3. The molecule has 0 aliphatic heterocycles. The van der Waals surface area contributed by atoms with Crippen molar-refractivity contribution in [1.29, 1.82) is 0 Å². The van der Waals surface area contributed by atoms with Gasteiger partial charge in [-0.3, -0.25) is 14.4 Å². The van der Waals surface area contributed by atoms with Crippen molar-refractivity contribution in [1.82, 2.24) is 0 Å². The summed E-state index contributed by atoms with van der Waals surface area (Å²) in [5.74, 6) is -0.563. The van der Waals surface area contributed by atoms with Crippen molar-refractivity contribution < 1.29 is 23.9 Å². The van der Waals surface area contributed by atoms with Crippen molar-refractivity contribution in [2.75, 3.05) is 6.61 Å². The smallest absolute Gasteiger partial charge is 0.324 e. The maximum absolute atomic E-state index is 12.6. The van der Waals surface area contributed by atoms with Gasteiger partial charge in [0.15, 0.2) is 5.41 Å². The second-order valence-electron chi connectivity index (χ2n) is 7.18. The summed E-state index contributed by atoms with van der Waals surface area (Å²) in [6, 6.07) is 0. The Balaban J connectivity index is 2.23. The van der Waals surface area contributed by atoms with Crippen LogP contribution in [0, 0.1) is 17.3 Å². The summed E-state index contributed by atoms with van der Waals surface area (Å²) < 4.78 is 10.6. The topological polar surface area (TPSA) is 69.7 Å². The first-order chi connectivity index (χ1) is 9.68. The van der Waals surface area contributed by atoms with E-state index >= 15 is 0 Å². The summed E-state index contributed by atoms with van der Waals surface area (Å²) in [7, 11) is 0. The average molecular weight is 296 g/mol. The molecule has 2 atom stereocenters. The van der Waals surface area contributed by atoms with E-state index in [1.807, 2.05) is 0 Å². The van der Waals surface area contributed by atoms with E-state index in [4.69, 9.17) is 9.47 Å². The average Bonchev–Trinajstić information content (AvgIpc) is 2.81. The number of ketones is 1. The van der Waals surface area contributed by atoms with Crippen LogP contribution >= 0.6 is 0 Å². The molecule has 0 saturated heterocycles. The van der Waals surface area contributed by atoms with E-state index in [9.17, 15) is 14.4 Å². The van der Waals surface area contributed by atoms with E-state index in [2.05, 4.69) is 0 Å². The Kier molecular flexibility index (Phi) is 4.13. The second-order valence-corrected chi connectivity index (χ2v) is 7.18. The molecule has 0 aromatic heterocycles. The molecule has 0 bridgehead atoms. The number of Topliss-reactive ketones (excluding diaryl/α,β-unsaturated/α-hetero) is 1. The Morgan fingerprint density at radius 3 is 2.10 bits per heavy atom. The highest BCUT2D eigenvalue weighted by atomic mass is 16.6. The van der Waals surface area contributed by atoms with Gasteiger partial charge in [0.2, 0.25) is 0 Å². The first kappa shape index (κ1) is 16.0. The van der Waals surface area contributed by atoms with Crippen LogP contribution in [0.25, 0.3) is 0 Å². The molecule has 5 heteroatoms. The van der Waals surface area contributed by atoms with Gasteiger partial charge in [-0.2, -0.15) is 0 Å². The van der Waals surface area contributed by atoms with Crippen LogP contribution in [0.2, 0.25) is 0 Å². The van der Waals surface area contributed by atoms with Crippen LogP contribution in [-0.2, 0) is 23.9 Å². The molecule has 21 heavy (non-hydrogen) atoms. The standard InChI is InChI=1S/C16H24O5/c1-5-20-13(18)16(14(19)21-15(2,3)4)8-10-6-12(17)7-11(10)9-16/h10-11H,5-9H2,1-4H3/t10-,11-/m1/s1. The summed E-state index contributed by atoms with van der Waals surface area (Å²) in [6.07, 6.45) is 1.68. The molecular weight excluding hydrogens is 272 g/mol. The van der Waals surface area contributed by atoms with Crippen LogP contribution in [-0.4, -0.2) is 29.9 Å². The van der Waals surface area contributed by atoms with E-state index < -0.39 is 23.0 Å². The van der Waals surface area contributed by atoms with E-state index in [-0.39, 0.29) is 24.2 Å². The third-order valence-electron chi connectivity index (χ3n) is 4.32. The number of rotatable bonds is 3. The minimum atomic E-state index is -1.22. The van der Waals surface area contributed by atoms with Gasteiger partial charge in [0.25, 0.3) is 0 Å². The lowest BCUT2D eigenvalue weighted by Crippen LogP contribution is -2.43. The zero-order valence-corrected chi connectivity index (χ0v) is 13.2. The van der Waals surface area contributed by atoms with Crippen molar-refractivity contribution >= 4 is 17.7 Å². The molecular formula is C16H24O5. The molecule has 0 N–H and O–H groups in total. The van der Waals surface area contributed by atoms with Crippen LogP contribution in [0.15, 0.2) is 0 Å². The largest absolute Gasteiger partial charge is 0.465 e. The molecule has 2 aliphatic rings. The molecule has 2 fully saturated rings. The molecule has 0 aromatic carbocycles. The Morgan fingerprint density at radius 1 is 1.14 bits per heavy atom. The minimum absolute atomic E-state index is 0.106. The summed E-state index contributed by atoms with van der Waals surface area (Å²) >= 11 is 0. The highest BCUT2D eigenvalue weighted by Crippen LogP contribution is 2.53. The van der Waals surface area contributed by atoms with Gasteiger partial charge in [-0.25, -0.2) is 0 Å². The quantitative estimate of drug-likeness (QED) is 0.590. The molecule has 0 spiro atoms. The molecule has 5 nitrogen and oxygen atoms in total. The van der Waals surface area contributed by atoms with Gasteiger partial charge in [0.1, 0.15) is 11.4 Å². The molecule has 0 aromatic rings. The number of fused-ring (bicyclic) bond motifs is 1. The summed E-state index contributed by atoms with van der Waals surface area (Å²) in [4.78, 5) is 36.5. The van der Waals surface area contributed by atoms with Crippen molar-refractivity contribution in [3.63, 3.8) is 0 Å². The van der Waals surface area contributed by atoms with Crippen LogP contribution in [0.5, 0.6) is 0 Å². The molecule has 0 amide bonds. The van der Waals surface area contributed by atoms with Crippen molar-refractivity contribution in [3.05, 3.63) is 0 Å². The monoisotopic (exact) mass is 296 g/mol. The summed E-state index contributed by atoms with van der Waals surface area (Å²) in [5.41, 5.74) is -1.87. The third kappa shape index (κ3) is 3.11. The Morgan fingerprint density at radius 2 is 1.67 bits per heavy atom. The summed E-state index contributed by atoms with van der Waals surface area (Å²) in [6.45, 7) is 7.30. The fourth-order valence-electron chi connectivity index (χ4n) is 3.52. The zero-order chi connectivity index (χ0) is 15.8. The molecule has 2 rings (SSSR count). The SMILES string of the molecule is CCOC(=O)C1(C(=O)OC(C)(C)C)C[C@H]2CC(=O)C[C@@H]2C1. The number of hydrogen-bond acceptors (Lipinski definition) is 5. The van der Waals surface area contributed by atoms with Crippen molar-refractivity contribution in [2.45, 2.75) is 59.0 Å². The first-order valence-corrected chi connectivity index (χ1v) is 7.60. The van der Waals surface area contributed by atoms with Gasteiger partial charge in [-0.15, -0.1) is 0 Å². The third-order valence-corrected chi connectivity index (χ3v) is 4.32. The molecule has 0 radical (unpaired) electrons. The predicted octanol–water partition coefficient (Wildman–Crippen LogP) is 2.27. The fourth-order valence-corrected chi connectivity index (χ4v) is 3.52. The lowest BCUT2D eigenvalue weighted by atomic mass is 9.83. The lowest BCUT2D eigenvalue weighted by Gasteiger charge is -2.30. The second kappa shape index (κ2) is 5.43. The molecule has 0 heterocycles. The van der Waals surface area contributed by atoms with Gasteiger partial charge in [0.05, 0.1) is 6.61 Å². The van der Waals surface area contributed by atoms with E-state index in [1.54, 1.807) is 27.7 Å². The highest BCUT2D eigenvalue weighted by Gasteiger charge is 2.60. The zero-order valence-electron chi connectivity index (χ0n) is 13.2. The van der Waals surface area contributed by atoms with Crippen LogP contribution < -0.4 is 0 Å². The van der Waals surface area contributed by atoms with Crippen molar-refractivity contribution in [3.8, 4) is 0 Å². The van der Waals surface area contributed by atoms with Crippen LogP contribution in [0.4, 0.5) is 0 Å². The van der Waals surface area contributed by atoms with Gasteiger partial charge in [-0.05, 0) is 52.4 Å². The highest BCUT2D eigenvalue weighted by molar-refractivity contribution is 6.01. The van der Waals surface area contributed by atoms with Gasteiger partial charge >= 0.3 is 11.9 Å². The van der Waals surface area contributed by atoms with Gasteiger partial charge in [0, 0.05) is 12.8 Å². The van der Waals surface area contributed by atoms with Crippen LogP contribution in [0.3, 0.4) is 0 Å². The lowest BCUT2D eigenvalue weighted by molar-refractivity contribution is -0.179. The van der Waals surface area contributed by atoms with Gasteiger partial charge < -0.3 is 9.47 Å². The number of hydrogen-bond donors (Lipinski definition) is 0. The molecule has 118 valence electrons. The van der Waals surface area contributed by atoms with E-state index in [0.717, 1.165) is 0 Å². The first-order valence-electron chi connectivity index (χ1n) is 7.60. The number of carbonyl (C=O) groups is 3. The Hall–Kier alpha value is -1.39. The van der Waals surface area contributed by atoms with E-state index in [0.29, 0.717) is 25.7 Å². The fraction of sp³-hybridized carbons (Fsp3) is 0.812.